The highest BCUT2D eigenvalue weighted by Gasteiger charge is 2.13. The number of halogens is 1. The zero-order chi connectivity index (χ0) is 16.1. The molecule has 2 aromatic carbocycles. The molecular formula is C14H10BrN3O4. The van der Waals surface area contributed by atoms with Crippen LogP contribution in [0.2, 0.25) is 0 Å². The largest absolute Gasteiger partial charge is 0.502 e. The third-order valence-electron chi connectivity index (χ3n) is 2.69. The van der Waals surface area contributed by atoms with E-state index in [9.17, 15) is 20.0 Å². The van der Waals surface area contributed by atoms with Crippen LogP contribution in [-0.2, 0) is 0 Å². The van der Waals surface area contributed by atoms with Crippen molar-refractivity contribution in [2.75, 3.05) is 0 Å². The van der Waals surface area contributed by atoms with Crippen molar-refractivity contribution in [3.8, 4) is 5.75 Å². The molecule has 2 N–H and O–H groups in total. The first-order chi connectivity index (χ1) is 10.5. The molecule has 0 heterocycles. The molecule has 0 aliphatic heterocycles. The van der Waals surface area contributed by atoms with Gasteiger partial charge in [-0.1, -0.05) is 12.1 Å². The Morgan fingerprint density at radius 1 is 1.32 bits per heavy atom. The molecule has 8 heteroatoms. The number of hydrogen-bond acceptors (Lipinski definition) is 5. The maximum Gasteiger partial charge on any atom is 0.311 e. The van der Waals surface area contributed by atoms with Gasteiger partial charge < -0.3 is 5.11 Å². The van der Waals surface area contributed by atoms with Gasteiger partial charge in [0.25, 0.3) is 5.91 Å². The van der Waals surface area contributed by atoms with E-state index in [1.54, 1.807) is 24.3 Å². The number of nitro groups is 1. The van der Waals surface area contributed by atoms with Crippen LogP contribution in [-0.4, -0.2) is 22.2 Å². The van der Waals surface area contributed by atoms with Gasteiger partial charge in [0.2, 0.25) is 0 Å². The standard InChI is InChI=1S/C14H10BrN3O4/c15-11-4-2-1-3-10(11)14(20)17-16-8-9-5-6-13(19)12(7-9)18(21)22/h1-8,19H,(H,17,20)/b16-8-. The fraction of sp³-hybridized carbons (Fsp3) is 0. The van der Waals surface area contributed by atoms with Crippen LogP contribution in [0.4, 0.5) is 5.69 Å². The fourth-order valence-electron chi connectivity index (χ4n) is 1.64. The Kier molecular flexibility index (Phi) is 4.84. The van der Waals surface area contributed by atoms with Crippen LogP contribution in [0.5, 0.6) is 5.75 Å². The van der Waals surface area contributed by atoms with Crippen LogP contribution in [0.15, 0.2) is 52.0 Å². The zero-order valence-electron chi connectivity index (χ0n) is 11.1. The highest BCUT2D eigenvalue weighted by molar-refractivity contribution is 9.10. The molecule has 22 heavy (non-hydrogen) atoms. The third kappa shape index (κ3) is 3.67. The van der Waals surface area contributed by atoms with Gasteiger partial charge in [-0.15, -0.1) is 0 Å². The molecule has 0 aromatic heterocycles. The summed E-state index contributed by atoms with van der Waals surface area (Å²) < 4.78 is 0.628. The number of nitro benzene ring substituents is 1. The predicted molar refractivity (Wildman–Crippen MR) is 84.0 cm³/mol. The van der Waals surface area contributed by atoms with E-state index in [0.717, 1.165) is 6.07 Å². The van der Waals surface area contributed by atoms with Crippen LogP contribution >= 0.6 is 15.9 Å². The number of carbonyl (C=O) groups is 1. The first kappa shape index (κ1) is 15.6. The number of nitrogens with zero attached hydrogens (tertiary/aromatic N) is 2. The number of amides is 1. The molecule has 112 valence electrons. The minimum absolute atomic E-state index is 0.372. The lowest BCUT2D eigenvalue weighted by Crippen LogP contribution is -2.18. The van der Waals surface area contributed by atoms with Crippen LogP contribution < -0.4 is 5.43 Å². The van der Waals surface area contributed by atoms with Gasteiger partial charge in [0.1, 0.15) is 0 Å². The van der Waals surface area contributed by atoms with Crippen molar-refractivity contribution >= 4 is 33.7 Å². The van der Waals surface area contributed by atoms with Gasteiger partial charge in [-0.25, -0.2) is 5.43 Å². The van der Waals surface area contributed by atoms with Gasteiger partial charge in [-0.2, -0.15) is 5.10 Å². The summed E-state index contributed by atoms with van der Waals surface area (Å²) in [5, 5.41) is 23.8. The van der Waals surface area contributed by atoms with Crippen LogP contribution in [0.3, 0.4) is 0 Å². The summed E-state index contributed by atoms with van der Waals surface area (Å²) in [4.78, 5) is 21.9. The quantitative estimate of drug-likeness (QED) is 0.494. The maximum absolute atomic E-state index is 11.9. The average molecular weight is 364 g/mol. The van der Waals surface area contributed by atoms with Gasteiger partial charge >= 0.3 is 5.69 Å². The highest BCUT2D eigenvalue weighted by Crippen LogP contribution is 2.25. The molecule has 0 radical (unpaired) electrons. The zero-order valence-corrected chi connectivity index (χ0v) is 12.6. The normalized spacial score (nSPS) is 10.6. The molecule has 0 fully saturated rings. The van der Waals surface area contributed by atoms with Crippen molar-refractivity contribution in [1.29, 1.82) is 0 Å². The van der Waals surface area contributed by atoms with Crippen molar-refractivity contribution in [3.05, 3.63) is 68.2 Å². The molecule has 0 aliphatic rings. The Hall–Kier alpha value is -2.74. The van der Waals surface area contributed by atoms with Crippen molar-refractivity contribution in [1.82, 2.24) is 5.43 Å². The molecule has 0 unspecified atom stereocenters. The number of hydrogen-bond donors (Lipinski definition) is 2. The number of phenolic OH excluding ortho intramolecular Hbond substituents is 1. The molecule has 0 saturated heterocycles. The van der Waals surface area contributed by atoms with Gasteiger partial charge in [-0.05, 0) is 40.2 Å². The Bertz CT molecular complexity index is 762. The second kappa shape index (κ2) is 6.81. The van der Waals surface area contributed by atoms with E-state index in [2.05, 4.69) is 26.5 Å². The number of phenols is 1. The Morgan fingerprint density at radius 3 is 2.73 bits per heavy atom. The maximum atomic E-state index is 11.9. The lowest BCUT2D eigenvalue weighted by atomic mass is 10.2. The molecule has 1 amide bonds. The summed E-state index contributed by atoms with van der Waals surface area (Å²) in [5.41, 5.74) is 2.68. The van der Waals surface area contributed by atoms with Gasteiger partial charge in [-0.3, -0.25) is 14.9 Å². The number of aromatic hydroxyl groups is 1. The molecule has 0 bridgehead atoms. The van der Waals surface area contributed by atoms with Crippen molar-refractivity contribution in [2.24, 2.45) is 5.10 Å². The predicted octanol–water partition coefficient (Wildman–Crippen LogP) is 2.83. The monoisotopic (exact) mass is 363 g/mol. The highest BCUT2D eigenvalue weighted by atomic mass is 79.9. The summed E-state index contributed by atoms with van der Waals surface area (Å²) in [6.45, 7) is 0. The molecule has 7 nitrogen and oxygen atoms in total. The van der Waals surface area contributed by atoms with E-state index in [0.29, 0.717) is 15.6 Å². The summed E-state index contributed by atoms with van der Waals surface area (Å²) in [5.74, 6) is -0.851. The topological polar surface area (TPSA) is 105 Å². The molecule has 2 aromatic rings. The third-order valence-corrected chi connectivity index (χ3v) is 3.39. The first-order valence-corrected chi connectivity index (χ1v) is 6.83. The first-order valence-electron chi connectivity index (χ1n) is 6.04. The van der Waals surface area contributed by atoms with Crippen LogP contribution in [0.25, 0.3) is 0 Å². The second-order valence-electron chi connectivity index (χ2n) is 4.18. The molecule has 0 atom stereocenters. The van der Waals surface area contributed by atoms with E-state index in [-0.39, 0.29) is 0 Å². The SMILES string of the molecule is O=C(N/N=C\c1ccc(O)c([N+](=O)[O-])c1)c1ccccc1Br. The van der Waals surface area contributed by atoms with E-state index < -0.39 is 22.3 Å². The van der Waals surface area contributed by atoms with Crippen LogP contribution in [0, 0.1) is 10.1 Å². The van der Waals surface area contributed by atoms with Gasteiger partial charge in [0.15, 0.2) is 5.75 Å². The van der Waals surface area contributed by atoms with E-state index >= 15 is 0 Å². The number of rotatable bonds is 4. The van der Waals surface area contributed by atoms with E-state index in [4.69, 9.17) is 0 Å². The molecular weight excluding hydrogens is 354 g/mol. The average Bonchev–Trinajstić information content (AvgIpc) is 2.49. The number of nitrogens with one attached hydrogen (secondary N) is 1. The van der Waals surface area contributed by atoms with Gasteiger partial charge in [0.05, 0.1) is 16.7 Å². The van der Waals surface area contributed by atoms with E-state index in [1.807, 2.05) is 0 Å². The van der Waals surface area contributed by atoms with Crippen molar-refractivity contribution in [3.63, 3.8) is 0 Å². The molecule has 2 rings (SSSR count). The van der Waals surface area contributed by atoms with Crippen LogP contribution in [0.1, 0.15) is 15.9 Å². The second-order valence-corrected chi connectivity index (χ2v) is 5.04. The van der Waals surface area contributed by atoms with Gasteiger partial charge in [0, 0.05) is 16.1 Å². The lowest BCUT2D eigenvalue weighted by molar-refractivity contribution is -0.385. The Morgan fingerprint density at radius 2 is 2.05 bits per heavy atom. The summed E-state index contributed by atoms with van der Waals surface area (Å²) in [6.07, 6.45) is 1.25. The number of carbonyl (C=O) groups excluding carboxylic acids is 1. The summed E-state index contributed by atoms with van der Waals surface area (Å²) in [7, 11) is 0. The van der Waals surface area contributed by atoms with Crippen molar-refractivity contribution in [2.45, 2.75) is 0 Å². The lowest BCUT2D eigenvalue weighted by Gasteiger charge is -2.02. The molecule has 0 spiro atoms. The Labute approximate surface area is 133 Å². The number of hydrazone groups is 1. The molecule has 0 saturated carbocycles. The molecule has 0 aliphatic carbocycles. The summed E-state index contributed by atoms with van der Waals surface area (Å²) >= 11 is 3.25. The Balaban J connectivity index is 2.10. The smallest absolute Gasteiger partial charge is 0.311 e. The summed E-state index contributed by atoms with van der Waals surface area (Å²) in [6, 6.07) is 10.6. The van der Waals surface area contributed by atoms with Crippen molar-refractivity contribution < 1.29 is 14.8 Å². The minimum Gasteiger partial charge on any atom is -0.502 e. The fourth-order valence-corrected chi connectivity index (χ4v) is 2.10. The minimum atomic E-state index is -0.702. The number of benzene rings is 2. The van der Waals surface area contributed by atoms with E-state index in [1.165, 1.54) is 18.3 Å².